The Balaban J connectivity index is 2.13. The van der Waals surface area contributed by atoms with Crippen molar-refractivity contribution in [3.63, 3.8) is 0 Å². The molecule has 0 spiro atoms. The fraction of sp³-hybridized carbons (Fsp3) is 0.188. The summed E-state index contributed by atoms with van der Waals surface area (Å²) >= 11 is 0. The van der Waals surface area contributed by atoms with E-state index in [2.05, 4.69) is 10.6 Å². The van der Waals surface area contributed by atoms with Crippen LogP contribution in [0, 0.1) is 0 Å². The van der Waals surface area contributed by atoms with E-state index in [0.717, 1.165) is 11.3 Å². The molecule has 0 aliphatic rings. The minimum absolute atomic E-state index is 0.0152. The van der Waals surface area contributed by atoms with Crippen molar-refractivity contribution in [3.8, 4) is 0 Å². The van der Waals surface area contributed by atoms with Gasteiger partial charge in [0.1, 0.15) is 0 Å². The number of hydrogen-bond acceptors (Lipinski definition) is 2. The molecule has 0 fully saturated rings. The molecule has 2 aromatic carbocycles. The van der Waals surface area contributed by atoms with E-state index in [-0.39, 0.29) is 11.9 Å². The van der Waals surface area contributed by atoms with Crippen LogP contribution in [0.25, 0.3) is 0 Å². The zero-order chi connectivity index (χ0) is 13.7. The molecule has 1 atom stereocenters. The van der Waals surface area contributed by atoms with Gasteiger partial charge in [-0.05, 0) is 24.6 Å². The van der Waals surface area contributed by atoms with Crippen LogP contribution in [0.15, 0.2) is 54.6 Å². The second kappa shape index (κ2) is 6.05. The average Bonchev–Trinajstić information content (AvgIpc) is 2.48. The number of amides is 1. The Morgan fingerprint density at radius 2 is 1.63 bits per heavy atom. The molecule has 0 radical (unpaired) electrons. The predicted molar refractivity (Wildman–Crippen MR) is 78.3 cm³/mol. The first kappa shape index (κ1) is 13.1. The summed E-state index contributed by atoms with van der Waals surface area (Å²) in [7, 11) is 1.81. The third kappa shape index (κ3) is 3.13. The second-order valence-electron chi connectivity index (χ2n) is 4.40. The van der Waals surface area contributed by atoms with E-state index in [9.17, 15) is 4.79 Å². The monoisotopic (exact) mass is 254 g/mol. The van der Waals surface area contributed by atoms with Crippen molar-refractivity contribution in [2.45, 2.75) is 13.0 Å². The van der Waals surface area contributed by atoms with Crippen molar-refractivity contribution in [2.24, 2.45) is 0 Å². The lowest BCUT2D eigenvalue weighted by molar-refractivity contribution is 0.0940. The lowest BCUT2D eigenvalue weighted by atomic mass is 10.1. The fourth-order valence-corrected chi connectivity index (χ4v) is 2.00. The Hall–Kier alpha value is -2.29. The van der Waals surface area contributed by atoms with E-state index >= 15 is 0 Å². The average molecular weight is 254 g/mol. The molecule has 0 saturated heterocycles. The molecule has 0 aliphatic heterocycles. The van der Waals surface area contributed by atoms with Gasteiger partial charge in [-0.15, -0.1) is 0 Å². The van der Waals surface area contributed by atoms with Crippen LogP contribution < -0.4 is 10.6 Å². The van der Waals surface area contributed by atoms with E-state index < -0.39 is 0 Å². The molecule has 98 valence electrons. The summed E-state index contributed by atoms with van der Waals surface area (Å²) < 4.78 is 0. The number of rotatable bonds is 4. The van der Waals surface area contributed by atoms with Crippen LogP contribution in [0.1, 0.15) is 28.9 Å². The van der Waals surface area contributed by atoms with Gasteiger partial charge in [0.2, 0.25) is 0 Å². The van der Waals surface area contributed by atoms with Crippen molar-refractivity contribution in [1.29, 1.82) is 0 Å². The van der Waals surface area contributed by atoms with Gasteiger partial charge in [0.05, 0.1) is 11.6 Å². The fourth-order valence-electron chi connectivity index (χ4n) is 2.00. The molecule has 2 rings (SSSR count). The highest BCUT2D eigenvalue weighted by atomic mass is 16.1. The Kier molecular flexibility index (Phi) is 4.18. The quantitative estimate of drug-likeness (QED) is 0.879. The van der Waals surface area contributed by atoms with Crippen molar-refractivity contribution in [2.75, 3.05) is 12.4 Å². The van der Waals surface area contributed by atoms with Gasteiger partial charge < -0.3 is 10.6 Å². The Morgan fingerprint density at radius 3 is 2.32 bits per heavy atom. The lowest BCUT2D eigenvalue weighted by Crippen LogP contribution is -2.27. The molecule has 3 heteroatoms. The van der Waals surface area contributed by atoms with Crippen LogP contribution in [-0.2, 0) is 0 Å². The van der Waals surface area contributed by atoms with Crippen LogP contribution in [-0.4, -0.2) is 13.0 Å². The summed E-state index contributed by atoms with van der Waals surface area (Å²) in [6.45, 7) is 1.98. The number of para-hydroxylation sites is 1. The maximum atomic E-state index is 12.3. The topological polar surface area (TPSA) is 41.1 Å². The van der Waals surface area contributed by atoms with E-state index in [0.29, 0.717) is 5.56 Å². The van der Waals surface area contributed by atoms with E-state index in [1.165, 1.54) is 0 Å². The summed E-state index contributed by atoms with van der Waals surface area (Å²) in [5.74, 6) is -0.0682. The van der Waals surface area contributed by atoms with Crippen molar-refractivity contribution in [1.82, 2.24) is 5.32 Å². The number of nitrogens with one attached hydrogen (secondary N) is 2. The summed E-state index contributed by atoms with van der Waals surface area (Å²) in [5.41, 5.74) is 2.59. The maximum absolute atomic E-state index is 12.3. The van der Waals surface area contributed by atoms with Gasteiger partial charge in [0, 0.05) is 12.7 Å². The smallest absolute Gasteiger partial charge is 0.253 e. The van der Waals surface area contributed by atoms with Crippen molar-refractivity contribution < 1.29 is 4.79 Å². The molecule has 2 N–H and O–H groups in total. The van der Waals surface area contributed by atoms with Gasteiger partial charge in [-0.2, -0.15) is 0 Å². The van der Waals surface area contributed by atoms with Crippen LogP contribution >= 0.6 is 0 Å². The highest BCUT2D eigenvalue weighted by Crippen LogP contribution is 2.17. The molecule has 0 heterocycles. The SMILES string of the molecule is CNc1ccccc1C(=O)NC(C)c1ccccc1. The molecule has 1 unspecified atom stereocenters. The van der Waals surface area contributed by atoms with Crippen LogP contribution in [0.5, 0.6) is 0 Å². The molecule has 3 nitrogen and oxygen atoms in total. The number of anilines is 1. The first-order valence-electron chi connectivity index (χ1n) is 6.35. The van der Waals surface area contributed by atoms with E-state index in [1.54, 1.807) is 0 Å². The first-order chi connectivity index (χ1) is 9.22. The zero-order valence-electron chi connectivity index (χ0n) is 11.2. The number of benzene rings is 2. The minimum atomic E-state index is -0.0682. The molecule has 0 saturated carbocycles. The Labute approximate surface area is 113 Å². The predicted octanol–water partition coefficient (Wildman–Crippen LogP) is 3.22. The molecular formula is C16H18N2O. The normalized spacial score (nSPS) is 11.7. The summed E-state index contributed by atoms with van der Waals surface area (Å²) in [6.07, 6.45) is 0. The molecule has 0 bridgehead atoms. The number of carbonyl (C=O) groups is 1. The van der Waals surface area contributed by atoms with E-state index in [1.807, 2.05) is 68.6 Å². The van der Waals surface area contributed by atoms with Crippen molar-refractivity contribution >= 4 is 11.6 Å². The minimum Gasteiger partial charge on any atom is -0.387 e. The summed E-state index contributed by atoms with van der Waals surface area (Å²) in [4.78, 5) is 12.3. The first-order valence-corrected chi connectivity index (χ1v) is 6.35. The van der Waals surface area contributed by atoms with Crippen LogP contribution in [0.3, 0.4) is 0 Å². The van der Waals surface area contributed by atoms with Gasteiger partial charge in [-0.1, -0.05) is 42.5 Å². The molecule has 19 heavy (non-hydrogen) atoms. The van der Waals surface area contributed by atoms with Gasteiger partial charge in [-0.3, -0.25) is 4.79 Å². The second-order valence-corrected chi connectivity index (χ2v) is 4.40. The molecule has 0 aromatic heterocycles. The zero-order valence-corrected chi connectivity index (χ0v) is 11.2. The summed E-state index contributed by atoms with van der Waals surface area (Å²) in [5, 5.41) is 6.04. The summed E-state index contributed by atoms with van der Waals surface area (Å²) in [6, 6.07) is 17.4. The third-order valence-corrected chi connectivity index (χ3v) is 3.09. The molecule has 0 aliphatic carbocycles. The van der Waals surface area contributed by atoms with Gasteiger partial charge >= 0.3 is 0 Å². The highest BCUT2D eigenvalue weighted by molar-refractivity contribution is 5.99. The van der Waals surface area contributed by atoms with Gasteiger partial charge in [-0.25, -0.2) is 0 Å². The van der Waals surface area contributed by atoms with Gasteiger partial charge in [0.15, 0.2) is 0 Å². The number of hydrogen-bond donors (Lipinski definition) is 2. The Morgan fingerprint density at radius 1 is 1.00 bits per heavy atom. The lowest BCUT2D eigenvalue weighted by Gasteiger charge is -2.15. The number of carbonyl (C=O) groups excluding carboxylic acids is 1. The molecule has 1 amide bonds. The molecule has 2 aromatic rings. The Bertz CT molecular complexity index is 552. The van der Waals surface area contributed by atoms with Crippen molar-refractivity contribution in [3.05, 3.63) is 65.7 Å². The van der Waals surface area contributed by atoms with Crippen LogP contribution in [0.4, 0.5) is 5.69 Å². The maximum Gasteiger partial charge on any atom is 0.253 e. The highest BCUT2D eigenvalue weighted by Gasteiger charge is 2.13. The van der Waals surface area contributed by atoms with Crippen LogP contribution in [0.2, 0.25) is 0 Å². The third-order valence-electron chi connectivity index (χ3n) is 3.09. The largest absolute Gasteiger partial charge is 0.387 e. The van der Waals surface area contributed by atoms with E-state index in [4.69, 9.17) is 0 Å². The van der Waals surface area contributed by atoms with Gasteiger partial charge in [0.25, 0.3) is 5.91 Å². The molecular weight excluding hydrogens is 236 g/mol. The standard InChI is InChI=1S/C16H18N2O/c1-12(13-8-4-3-5-9-13)18-16(19)14-10-6-7-11-15(14)17-2/h3-12,17H,1-2H3,(H,18,19).